The fraction of sp³-hybridized carbons (Fsp3) is 0.400. The summed E-state index contributed by atoms with van der Waals surface area (Å²) < 4.78 is 0. The van der Waals surface area contributed by atoms with Crippen LogP contribution in [0, 0.1) is 0 Å². The summed E-state index contributed by atoms with van der Waals surface area (Å²) in [5.74, 6) is -0.198. The van der Waals surface area contributed by atoms with Gasteiger partial charge in [0, 0.05) is 19.3 Å². The molecule has 1 aromatic heterocycles. The summed E-state index contributed by atoms with van der Waals surface area (Å²) in [6.07, 6.45) is 1.52. The van der Waals surface area contributed by atoms with Crippen molar-refractivity contribution in [2.24, 2.45) is 0 Å². The summed E-state index contributed by atoms with van der Waals surface area (Å²) in [6, 6.07) is 3.09. The van der Waals surface area contributed by atoms with Gasteiger partial charge in [-0.1, -0.05) is 0 Å². The van der Waals surface area contributed by atoms with Gasteiger partial charge in [0.2, 0.25) is 0 Å². The number of carboxylic acid groups (broad SMARTS) is 1. The molecule has 4 heteroatoms. The van der Waals surface area contributed by atoms with E-state index in [0.717, 1.165) is 18.9 Å². The molecule has 0 saturated heterocycles. The van der Waals surface area contributed by atoms with Crippen molar-refractivity contribution in [2.45, 2.75) is 13.8 Å². The van der Waals surface area contributed by atoms with Crippen LogP contribution in [0.4, 0.5) is 5.82 Å². The molecule has 0 bridgehead atoms. The van der Waals surface area contributed by atoms with Crippen LogP contribution in [0.5, 0.6) is 0 Å². The highest BCUT2D eigenvalue weighted by molar-refractivity contribution is 5.88. The summed E-state index contributed by atoms with van der Waals surface area (Å²) >= 11 is 0. The topological polar surface area (TPSA) is 53.4 Å². The highest BCUT2D eigenvalue weighted by Crippen LogP contribution is 2.11. The molecule has 1 N–H and O–H groups in total. The first-order valence-corrected chi connectivity index (χ1v) is 4.63. The van der Waals surface area contributed by atoms with Crippen LogP contribution in [0.15, 0.2) is 18.3 Å². The number of nitrogens with zero attached hydrogens (tertiary/aromatic N) is 2. The van der Waals surface area contributed by atoms with Crippen molar-refractivity contribution in [3.63, 3.8) is 0 Å². The fourth-order valence-corrected chi connectivity index (χ4v) is 1.27. The van der Waals surface area contributed by atoms with Gasteiger partial charge < -0.3 is 10.0 Å². The van der Waals surface area contributed by atoms with E-state index in [1.54, 1.807) is 6.07 Å². The Morgan fingerprint density at radius 2 is 2.14 bits per heavy atom. The molecule has 0 aliphatic heterocycles. The zero-order chi connectivity index (χ0) is 10.6. The Morgan fingerprint density at radius 1 is 1.50 bits per heavy atom. The molecule has 0 amide bonds. The minimum Gasteiger partial charge on any atom is -0.478 e. The molecular weight excluding hydrogens is 180 g/mol. The third-order valence-corrected chi connectivity index (χ3v) is 2.08. The van der Waals surface area contributed by atoms with Crippen LogP contribution in [0.2, 0.25) is 0 Å². The summed E-state index contributed by atoms with van der Waals surface area (Å²) in [6.45, 7) is 5.68. The van der Waals surface area contributed by atoms with Crippen LogP contribution in [-0.4, -0.2) is 29.1 Å². The van der Waals surface area contributed by atoms with Crippen LogP contribution in [0.25, 0.3) is 0 Å². The lowest BCUT2D eigenvalue weighted by Crippen LogP contribution is -2.23. The van der Waals surface area contributed by atoms with Crippen LogP contribution >= 0.6 is 0 Å². The lowest BCUT2D eigenvalue weighted by atomic mass is 10.2. The Bertz CT molecular complexity index is 322. The average molecular weight is 194 g/mol. The van der Waals surface area contributed by atoms with Crippen molar-refractivity contribution in [1.29, 1.82) is 0 Å². The second-order valence-corrected chi connectivity index (χ2v) is 2.88. The van der Waals surface area contributed by atoms with Crippen molar-refractivity contribution in [2.75, 3.05) is 18.0 Å². The highest BCUT2D eigenvalue weighted by atomic mass is 16.4. The van der Waals surface area contributed by atoms with Crippen LogP contribution < -0.4 is 4.90 Å². The number of carbonyl (C=O) groups is 1. The zero-order valence-corrected chi connectivity index (χ0v) is 8.40. The van der Waals surface area contributed by atoms with Gasteiger partial charge in [-0.25, -0.2) is 9.78 Å². The molecule has 1 rings (SSSR count). The maximum atomic E-state index is 10.7. The Morgan fingerprint density at radius 3 is 2.64 bits per heavy atom. The van der Waals surface area contributed by atoms with Gasteiger partial charge in [-0.05, 0) is 26.0 Å². The van der Waals surface area contributed by atoms with E-state index in [1.165, 1.54) is 12.3 Å². The quantitative estimate of drug-likeness (QED) is 0.791. The van der Waals surface area contributed by atoms with Gasteiger partial charge in [-0.3, -0.25) is 0 Å². The highest BCUT2D eigenvalue weighted by Gasteiger charge is 2.07. The van der Waals surface area contributed by atoms with E-state index in [2.05, 4.69) is 4.98 Å². The van der Waals surface area contributed by atoms with Crippen molar-refractivity contribution >= 4 is 11.8 Å². The number of pyridine rings is 1. The van der Waals surface area contributed by atoms with Gasteiger partial charge in [0.1, 0.15) is 5.82 Å². The number of carboxylic acids is 1. The predicted octanol–water partition coefficient (Wildman–Crippen LogP) is 1.63. The number of aromatic carboxylic acids is 1. The molecule has 4 nitrogen and oxygen atoms in total. The molecule has 1 heterocycles. The van der Waals surface area contributed by atoms with Gasteiger partial charge in [0.15, 0.2) is 0 Å². The molecule has 0 radical (unpaired) electrons. The van der Waals surface area contributed by atoms with Crippen molar-refractivity contribution < 1.29 is 9.90 Å². The first kappa shape index (κ1) is 10.5. The smallest absolute Gasteiger partial charge is 0.335 e. The van der Waals surface area contributed by atoms with E-state index < -0.39 is 5.97 Å². The molecule has 0 aliphatic carbocycles. The molecule has 0 atom stereocenters. The normalized spacial score (nSPS) is 9.86. The number of hydrogen-bond donors (Lipinski definition) is 1. The molecule has 0 unspecified atom stereocenters. The Labute approximate surface area is 83.2 Å². The third-order valence-electron chi connectivity index (χ3n) is 2.08. The second kappa shape index (κ2) is 4.60. The molecule has 0 fully saturated rings. The van der Waals surface area contributed by atoms with E-state index >= 15 is 0 Å². The summed E-state index contributed by atoms with van der Waals surface area (Å²) in [4.78, 5) is 16.8. The largest absolute Gasteiger partial charge is 0.478 e. The van der Waals surface area contributed by atoms with Gasteiger partial charge in [-0.2, -0.15) is 0 Å². The van der Waals surface area contributed by atoms with Crippen molar-refractivity contribution in [3.8, 4) is 0 Å². The first-order valence-electron chi connectivity index (χ1n) is 4.63. The van der Waals surface area contributed by atoms with E-state index in [0.29, 0.717) is 0 Å². The minimum absolute atomic E-state index is 0.280. The van der Waals surface area contributed by atoms with Crippen molar-refractivity contribution in [3.05, 3.63) is 23.9 Å². The van der Waals surface area contributed by atoms with E-state index in [-0.39, 0.29) is 5.56 Å². The van der Waals surface area contributed by atoms with Crippen molar-refractivity contribution in [1.82, 2.24) is 4.98 Å². The molecule has 14 heavy (non-hydrogen) atoms. The van der Waals surface area contributed by atoms with Gasteiger partial charge in [0.05, 0.1) is 5.56 Å². The third kappa shape index (κ3) is 2.22. The van der Waals surface area contributed by atoms with E-state index in [1.807, 2.05) is 18.7 Å². The summed E-state index contributed by atoms with van der Waals surface area (Å²) in [5.41, 5.74) is 0.280. The predicted molar refractivity (Wildman–Crippen MR) is 54.8 cm³/mol. The number of hydrogen-bond acceptors (Lipinski definition) is 3. The standard InChI is InChI=1S/C10H14N2O2/c1-3-12(4-2)9-7-8(10(13)14)5-6-11-9/h5-7H,3-4H2,1-2H3,(H,13,14). The zero-order valence-electron chi connectivity index (χ0n) is 8.40. The van der Waals surface area contributed by atoms with Gasteiger partial charge in [0.25, 0.3) is 0 Å². The SMILES string of the molecule is CCN(CC)c1cc(C(=O)O)ccn1. The fourth-order valence-electron chi connectivity index (χ4n) is 1.27. The molecule has 76 valence electrons. The van der Waals surface area contributed by atoms with Gasteiger partial charge in [-0.15, -0.1) is 0 Å². The monoisotopic (exact) mass is 194 g/mol. The molecule has 1 aromatic rings. The minimum atomic E-state index is -0.916. The molecular formula is C10H14N2O2. The summed E-state index contributed by atoms with van der Waals surface area (Å²) in [7, 11) is 0. The molecule has 0 saturated carbocycles. The molecule has 0 spiro atoms. The number of rotatable bonds is 4. The van der Waals surface area contributed by atoms with Crippen LogP contribution in [0.3, 0.4) is 0 Å². The number of anilines is 1. The first-order chi connectivity index (χ1) is 6.69. The summed E-state index contributed by atoms with van der Waals surface area (Å²) in [5, 5.41) is 8.79. The van der Waals surface area contributed by atoms with Crippen LogP contribution in [-0.2, 0) is 0 Å². The lowest BCUT2D eigenvalue weighted by molar-refractivity contribution is 0.0697. The average Bonchev–Trinajstić information content (AvgIpc) is 2.20. The molecule has 0 aromatic carbocycles. The molecule has 0 aliphatic rings. The lowest BCUT2D eigenvalue weighted by Gasteiger charge is -2.19. The Kier molecular flexibility index (Phi) is 3.45. The van der Waals surface area contributed by atoms with E-state index in [4.69, 9.17) is 5.11 Å². The maximum Gasteiger partial charge on any atom is 0.335 e. The maximum absolute atomic E-state index is 10.7. The number of aromatic nitrogens is 1. The Hall–Kier alpha value is -1.58. The van der Waals surface area contributed by atoms with E-state index in [9.17, 15) is 4.79 Å². The Balaban J connectivity index is 2.98. The van der Waals surface area contributed by atoms with Crippen LogP contribution in [0.1, 0.15) is 24.2 Å². The second-order valence-electron chi connectivity index (χ2n) is 2.88. The van der Waals surface area contributed by atoms with Gasteiger partial charge >= 0.3 is 5.97 Å².